The van der Waals surface area contributed by atoms with Crippen LogP contribution in [0.3, 0.4) is 0 Å². The van der Waals surface area contributed by atoms with E-state index in [2.05, 4.69) is 15.5 Å². The fourth-order valence-electron chi connectivity index (χ4n) is 3.18. The van der Waals surface area contributed by atoms with E-state index in [1.807, 2.05) is 0 Å². The molecule has 1 aromatic carbocycles. The van der Waals surface area contributed by atoms with Crippen molar-refractivity contribution < 1.29 is 22.7 Å². The number of hydrogen-bond acceptors (Lipinski definition) is 4. The Labute approximate surface area is 191 Å². The van der Waals surface area contributed by atoms with Crippen molar-refractivity contribution in [3.8, 4) is 5.75 Å². The van der Waals surface area contributed by atoms with Gasteiger partial charge in [0.1, 0.15) is 11.8 Å². The summed E-state index contributed by atoms with van der Waals surface area (Å²) < 4.78 is 47.9. The second-order valence-electron chi connectivity index (χ2n) is 7.43. The van der Waals surface area contributed by atoms with Crippen molar-refractivity contribution in [3.05, 3.63) is 58.1 Å². The number of nitrogens with one attached hydrogen (secondary N) is 1. The molecule has 0 spiro atoms. The second kappa shape index (κ2) is 8.67. The van der Waals surface area contributed by atoms with Gasteiger partial charge in [0.05, 0.1) is 28.8 Å². The highest BCUT2D eigenvalue weighted by atomic mass is 35.5. The van der Waals surface area contributed by atoms with Gasteiger partial charge < -0.3 is 10.1 Å². The summed E-state index contributed by atoms with van der Waals surface area (Å²) in [6.07, 6.45) is -0.349. The summed E-state index contributed by atoms with van der Waals surface area (Å²) in [5, 5.41) is 10.5. The molecule has 12 heteroatoms. The predicted octanol–water partition coefficient (Wildman–Crippen LogP) is 5.52. The predicted molar refractivity (Wildman–Crippen MR) is 112 cm³/mol. The number of amides is 1. The van der Waals surface area contributed by atoms with Gasteiger partial charge in [0.15, 0.2) is 12.4 Å². The molecule has 1 amide bonds. The molecule has 0 radical (unpaired) electrons. The molecule has 4 rings (SSSR count). The third kappa shape index (κ3) is 4.86. The molecule has 2 aromatic heterocycles. The molecule has 1 aliphatic rings. The first kappa shape index (κ1) is 22.5. The van der Waals surface area contributed by atoms with E-state index in [4.69, 9.17) is 27.9 Å². The SMILES string of the molecule is CC(C(=O)Nc1cnn(COc2cccc(Cl)c2)c1)n1nc(C(F)(F)F)c(Cl)c1C1CC1. The van der Waals surface area contributed by atoms with E-state index in [-0.39, 0.29) is 18.3 Å². The van der Waals surface area contributed by atoms with Crippen LogP contribution in [0.2, 0.25) is 10.0 Å². The van der Waals surface area contributed by atoms with Crippen LogP contribution in [-0.4, -0.2) is 25.5 Å². The molecule has 1 unspecified atom stereocenters. The average molecular weight is 488 g/mol. The zero-order valence-electron chi connectivity index (χ0n) is 16.7. The van der Waals surface area contributed by atoms with Crippen molar-refractivity contribution in [2.45, 2.75) is 44.6 Å². The van der Waals surface area contributed by atoms with Gasteiger partial charge >= 0.3 is 6.18 Å². The molecular weight excluding hydrogens is 470 g/mol. The number of carbonyl (C=O) groups excluding carboxylic acids is 1. The highest BCUT2D eigenvalue weighted by Crippen LogP contribution is 2.47. The van der Waals surface area contributed by atoms with Gasteiger partial charge in [0.2, 0.25) is 5.91 Å². The minimum Gasteiger partial charge on any atom is -0.471 e. The molecule has 1 fully saturated rings. The monoisotopic (exact) mass is 487 g/mol. The Balaban J connectivity index is 1.44. The van der Waals surface area contributed by atoms with E-state index in [9.17, 15) is 18.0 Å². The third-order valence-corrected chi connectivity index (χ3v) is 5.53. The van der Waals surface area contributed by atoms with Crippen molar-refractivity contribution in [1.82, 2.24) is 19.6 Å². The lowest BCUT2D eigenvalue weighted by atomic mass is 10.2. The summed E-state index contributed by atoms with van der Waals surface area (Å²) in [6.45, 7) is 1.54. The average Bonchev–Trinajstić information content (AvgIpc) is 3.35. The van der Waals surface area contributed by atoms with Gasteiger partial charge in [0.25, 0.3) is 0 Å². The minimum atomic E-state index is -4.70. The molecule has 1 atom stereocenters. The Hall–Kier alpha value is -2.72. The maximum atomic E-state index is 13.3. The molecule has 1 saturated carbocycles. The first-order valence-electron chi connectivity index (χ1n) is 9.70. The summed E-state index contributed by atoms with van der Waals surface area (Å²) in [5.41, 5.74) is -0.572. The van der Waals surface area contributed by atoms with Gasteiger partial charge in [-0.25, -0.2) is 4.68 Å². The quantitative estimate of drug-likeness (QED) is 0.476. The molecule has 0 saturated heterocycles. The first-order valence-corrected chi connectivity index (χ1v) is 10.5. The van der Waals surface area contributed by atoms with Gasteiger partial charge in [-0.3, -0.25) is 9.48 Å². The van der Waals surface area contributed by atoms with Crippen molar-refractivity contribution in [2.75, 3.05) is 5.32 Å². The Kier molecular flexibility index (Phi) is 6.09. The van der Waals surface area contributed by atoms with Gasteiger partial charge in [0, 0.05) is 10.9 Å². The molecule has 7 nitrogen and oxygen atoms in total. The number of halogens is 5. The summed E-state index contributed by atoms with van der Waals surface area (Å²) >= 11 is 11.9. The molecular formula is C20H18Cl2F3N5O2. The Morgan fingerprint density at radius 3 is 2.75 bits per heavy atom. The maximum absolute atomic E-state index is 13.3. The Bertz CT molecular complexity index is 1140. The standard InChI is InChI=1S/C20H18Cl2F3N5O2/c1-11(30-17(12-5-6-12)16(22)18(28-30)20(23,24)25)19(31)27-14-8-26-29(9-14)10-32-15-4-2-3-13(21)7-15/h2-4,7-9,11-12H,5-6,10H2,1H3,(H,27,31). The van der Waals surface area contributed by atoms with E-state index in [0.717, 1.165) is 4.68 Å². The van der Waals surface area contributed by atoms with E-state index >= 15 is 0 Å². The number of carbonyl (C=O) groups is 1. The van der Waals surface area contributed by atoms with Crippen LogP contribution in [0, 0.1) is 0 Å². The fraction of sp³-hybridized carbons (Fsp3) is 0.350. The van der Waals surface area contributed by atoms with Crippen LogP contribution < -0.4 is 10.1 Å². The second-order valence-corrected chi connectivity index (χ2v) is 8.24. The number of aromatic nitrogens is 4. The Morgan fingerprint density at radius 1 is 1.34 bits per heavy atom. The van der Waals surface area contributed by atoms with Crippen molar-refractivity contribution in [3.63, 3.8) is 0 Å². The van der Waals surface area contributed by atoms with Gasteiger partial charge in [-0.2, -0.15) is 23.4 Å². The van der Waals surface area contributed by atoms with Gasteiger partial charge in [-0.05, 0) is 38.0 Å². The normalized spacial score (nSPS) is 14.9. The van der Waals surface area contributed by atoms with Crippen LogP contribution in [0.4, 0.5) is 18.9 Å². The number of ether oxygens (including phenoxy) is 1. The summed E-state index contributed by atoms with van der Waals surface area (Å²) in [4.78, 5) is 12.7. The van der Waals surface area contributed by atoms with Crippen LogP contribution in [0.15, 0.2) is 36.7 Å². The number of anilines is 1. The van der Waals surface area contributed by atoms with Crippen molar-refractivity contribution in [2.24, 2.45) is 0 Å². The molecule has 0 bridgehead atoms. The first-order chi connectivity index (χ1) is 15.1. The number of nitrogens with zero attached hydrogens (tertiary/aromatic N) is 4. The van der Waals surface area contributed by atoms with Crippen molar-refractivity contribution in [1.29, 1.82) is 0 Å². The highest BCUT2D eigenvalue weighted by molar-refractivity contribution is 6.32. The lowest BCUT2D eigenvalue weighted by Crippen LogP contribution is -2.26. The number of benzene rings is 1. The lowest BCUT2D eigenvalue weighted by molar-refractivity contribution is -0.141. The summed E-state index contributed by atoms with van der Waals surface area (Å²) in [7, 11) is 0. The maximum Gasteiger partial charge on any atom is 0.436 e. The molecule has 0 aliphatic heterocycles. The summed E-state index contributed by atoms with van der Waals surface area (Å²) in [5.74, 6) is -0.126. The lowest BCUT2D eigenvalue weighted by Gasteiger charge is -2.15. The molecule has 3 aromatic rings. The van der Waals surface area contributed by atoms with Crippen LogP contribution in [-0.2, 0) is 17.7 Å². The van der Waals surface area contributed by atoms with Crippen LogP contribution in [0.1, 0.15) is 43.1 Å². The highest BCUT2D eigenvalue weighted by Gasteiger charge is 2.43. The van der Waals surface area contributed by atoms with Gasteiger partial charge in [-0.15, -0.1) is 0 Å². The zero-order chi connectivity index (χ0) is 23.0. The molecule has 1 N–H and O–H groups in total. The smallest absolute Gasteiger partial charge is 0.436 e. The Morgan fingerprint density at radius 2 is 2.09 bits per heavy atom. The number of rotatable bonds is 7. The molecule has 1 aliphatic carbocycles. The number of alkyl halides is 3. The molecule has 170 valence electrons. The largest absolute Gasteiger partial charge is 0.471 e. The summed E-state index contributed by atoms with van der Waals surface area (Å²) in [6, 6.07) is 5.84. The molecule has 32 heavy (non-hydrogen) atoms. The zero-order valence-corrected chi connectivity index (χ0v) is 18.2. The van der Waals surface area contributed by atoms with E-state index in [1.165, 1.54) is 24.0 Å². The number of hydrogen-bond donors (Lipinski definition) is 1. The van der Waals surface area contributed by atoms with Crippen molar-refractivity contribution >= 4 is 34.8 Å². The van der Waals surface area contributed by atoms with E-state index in [1.54, 1.807) is 24.3 Å². The fourth-order valence-corrected chi connectivity index (χ4v) is 3.75. The molecule has 2 heterocycles. The van der Waals surface area contributed by atoms with Crippen LogP contribution >= 0.6 is 23.2 Å². The van der Waals surface area contributed by atoms with Crippen LogP contribution in [0.25, 0.3) is 0 Å². The van der Waals surface area contributed by atoms with E-state index < -0.39 is 28.8 Å². The minimum absolute atomic E-state index is 0.0707. The topological polar surface area (TPSA) is 74.0 Å². The van der Waals surface area contributed by atoms with E-state index in [0.29, 0.717) is 29.3 Å². The van der Waals surface area contributed by atoms with Crippen LogP contribution in [0.5, 0.6) is 5.75 Å². The third-order valence-electron chi connectivity index (χ3n) is 4.93. The van der Waals surface area contributed by atoms with Gasteiger partial charge in [-0.1, -0.05) is 29.3 Å².